The van der Waals surface area contributed by atoms with Gasteiger partial charge >= 0.3 is 0 Å². The van der Waals surface area contributed by atoms with Crippen LogP contribution in [-0.2, 0) is 10.0 Å². The van der Waals surface area contributed by atoms with E-state index in [4.69, 9.17) is 5.11 Å². The van der Waals surface area contributed by atoms with Crippen molar-refractivity contribution in [1.29, 1.82) is 0 Å². The number of nitrogens with one attached hydrogen (secondary N) is 2. The first-order valence-corrected chi connectivity index (χ1v) is 9.04. The summed E-state index contributed by atoms with van der Waals surface area (Å²) in [5.74, 6) is -0.312. The number of sulfonamides is 1. The van der Waals surface area contributed by atoms with E-state index in [-0.39, 0.29) is 23.5 Å². The monoisotopic (exact) mass is 348 g/mol. The van der Waals surface area contributed by atoms with E-state index in [9.17, 15) is 13.2 Å². The van der Waals surface area contributed by atoms with Crippen molar-refractivity contribution in [2.75, 3.05) is 11.3 Å². The number of carbonyl (C=O) groups is 1. The highest BCUT2D eigenvalue weighted by molar-refractivity contribution is 7.92. The number of aliphatic hydroxyl groups is 1. The Hall–Kier alpha value is -2.38. The van der Waals surface area contributed by atoms with Crippen LogP contribution in [0, 0.1) is 0 Å². The van der Waals surface area contributed by atoms with E-state index in [0.29, 0.717) is 17.7 Å². The van der Waals surface area contributed by atoms with Gasteiger partial charge in [0.1, 0.15) is 0 Å². The minimum absolute atomic E-state index is 0.128. The predicted molar refractivity (Wildman–Crippen MR) is 92.3 cm³/mol. The van der Waals surface area contributed by atoms with Crippen LogP contribution in [0.4, 0.5) is 5.69 Å². The Balaban J connectivity index is 2.08. The number of rotatable bonds is 7. The van der Waals surface area contributed by atoms with E-state index in [0.717, 1.165) is 0 Å². The van der Waals surface area contributed by atoms with Gasteiger partial charge in [0.05, 0.1) is 17.5 Å². The van der Waals surface area contributed by atoms with Crippen molar-refractivity contribution in [2.24, 2.45) is 0 Å². The molecule has 0 spiro atoms. The summed E-state index contributed by atoms with van der Waals surface area (Å²) in [6.07, 6.45) is 0.622. The Kier molecular flexibility index (Phi) is 5.94. The molecule has 3 N–H and O–H groups in total. The van der Waals surface area contributed by atoms with Gasteiger partial charge in [-0.1, -0.05) is 25.1 Å². The molecule has 2 rings (SSSR count). The summed E-state index contributed by atoms with van der Waals surface area (Å²) in [4.78, 5) is 12.2. The number of carbonyl (C=O) groups excluding carboxylic acids is 1. The van der Waals surface area contributed by atoms with Gasteiger partial charge in [-0.2, -0.15) is 0 Å². The predicted octanol–water partition coefficient (Wildman–Crippen LogP) is 1.99. The van der Waals surface area contributed by atoms with Gasteiger partial charge < -0.3 is 10.4 Å². The SMILES string of the molecule is CCC(CO)NC(=O)c1ccc(NS(=O)(=O)c2ccccc2)cc1. The summed E-state index contributed by atoms with van der Waals surface area (Å²) in [7, 11) is -3.66. The lowest BCUT2D eigenvalue weighted by Gasteiger charge is -2.14. The van der Waals surface area contributed by atoms with E-state index < -0.39 is 10.0 Å². The third kappa shape index (κ3) is 4.56. The molecule has 0 fully saturated rings. The zero-order valence-corrected chi connectivity index (χ0v) is 14.1. The number of aliphatic hydroxyl groups excluding tert-OH is 1. The van der Waals surface area contributed by atoms with Crippen LogP contribution in [0.5, 0.6) is 0 Å². The molecule has 24 heavy (non-hydrogen) atoms. The molecule has 128 valence electrons. The van der Waals surface area contributed by atoms with E-state index in [1.54, 1.807) is 18.2 Å². The smallest absolute Gasteiger partial charge is 0.261 e. The number of hydrogen-bond donors (Lipinski definition) is 3. The van der Waals surface area contributed by atoms with Crippen LogP contribution in [0.3, 0.4) is 0 Å². The zero-order chi connectivity index (χ0) is 17.6. The lowest BCUT2D eigenvalue weighted by molar-refractivity contribution is 0.0915. The average Bonchev–Trinajstić information content (AvgIpc) is 2.60. The number of anilines is 1. The van der Waals surface area contributed by atoms with Crippen molar-refractivity contribution in [1.82, 2.24) is 5.32 Å². The Morgan fingerprint density at radius 2 is 1.71 bits per heavy atom. The Morgan fingerprint density at radius 3 is 2.25 bits per heavy atom. The topological polar surface area (TPSA) is 95.5 Å². The van der Waals surface area contributed by atoms with Crippen LogP contribution in [0.1, 0.15) is 23.7 Å². The van der Waals surface area contributed by atoms with Crippen LogP contribution in [0.25, 0.3) is 0 Å². The van der Waals surface area contributed by atoms with E-state index in [1.807, 2.05) is 6.92 Å². The molecule has 0 aromatic heterocycles. The molecule has 7 heteroatoms. The molecule has 2 aromatic rings. The van der Waals surface area contributed by atoms with Crippen LogP contribution in [0.2, 0.25) is 0 Å². The first kappa shape index (κ1) is 18.0. The van der Waals surface area contributed by atoms with E-state index in [1.165, 1.54) is 36.4 Å². The summed E-state index contributed by atoms with van der Waals surface area (Å²) in [6.45, 7) is 1.74. The molecule has 0 aliphatic rings. The summed E-state index contributed by atoms with van der Waals surface area (Å²) in [5.41, 5.74) is 0.758. The standard InChI is InChI=1S/C17H20N2O4S/c1-2-14(12-20)18-17(21)13-8-10-15(11-9-13)19-24(22,23)16-6-4-3-5-7-16/h3-11,14,19-20H,2,12H2,1H3,(H,18,21). The average molecular weight is 348 g/mol. The molecule has 1 atom stereocenters. The zero-order valence-electron chi connectivity index (χ0n) is 13.3. The van der Waals surface area contributed by atoms with E-state index >= 15 is 0 Å². The fourth-order valence-corrected chi connectivity index (χ4v) is 3.13. The first-order valence-electron chi connectivity index (χ1n) is 7.56. The second-order valence-electron chi connectivity index (χ2n) is 5.26. The molecule has 0 aliphatic heterocycles. The molecule has 0 saturated carbocycles. The van der Waals surface area contributed by atoms with Crippen molar-refractivity contribution in [2.45, 2.75) is 24.3 Å². The molecule has 2 aromatic carbocycles. The maximum absolute atomic E-state index is 12.2. The summed E-state index contributed by atoms with van der Waals surface area (Å²) in [5, 5.41) is 11.8. The van der Waals surface area contributed by atoms with Gasteiger partial charge in [-0.3, -0.25) is 9.52 Å². The molecular formula is C17H20N2O4S. The number of benzene rings is 2. The summed E-state index contributed by atoms with van der Waals surface area (Å²) in [6, 6.07) is 13.8. The molecular weight excluding hydrogens is 328 g/mol. The maximum Gasteiger partial charge on any atom is 0.261 e. The van der Waals surface area contributed by atoms with Crippen molar-refractivity contribution < 1.29 is 18.3 Å². The third-order valence-electron chi connectivity index (χ3n) is 3.50. The Labute approximate surface area is 141 Å². The maximum atomic E-state index is 12.2. The second-order valence-corrected chi connectivity index (χ2v) is 6.94. The van der Waals surface area contributed by atoms with Crippen LogP contribution >= 0.6 is 0 Å². The van der Waals surface area contributed by atoms with Crippen molar-refractivity contribution in [3.05, 3.63) is 60.2 Å². The second kappa shape index (κ2) is 7.94. The summed E-state index contributed by atoms with van der Waals surface area (Å²) < 4.78 is 26.9. The number of hydrogen-bond acceptors (Lipinski definition) is 4. The lowest BCUT2D eigenvalue weighted by Crippen LogP contribution is -2.36. The summed E-state index contributed by atoms with van der Waals surface area (Å²) >= 11 is 0. The van der Waals surface area contributed by atoms with Crippen molar-refractivity contribution in [3.8, 4) is 0 Å². The van der Waals surface area contributed by atoms with Crippen LogP contribution in [0.15, 0.2) is 59.5 Å². The van der Waals surface area contributed by atoms with Gasteiger partial charge in [0.25, 0.3) is 15.9 Å². The quantitative estimate of drug-likeness (QED) is 0.713. The van der Waals surface area contributed by atoms with E-state index in [2.05, 4.69) is 10.0 Å². The first-order chi connectivity index (χ1) is 11.5. The van der Waals surface area contributed by atoms with Gasteiger partial charge in [0, 0.05) is 11.3 Å². The molecule has 6 nitrogen and oxygen atoms in total. The minimum atomic E-state index is -3.66. The van der Waals surface area contributed by atoms with Crippen molar-refractivity contribution >= 4 is 21.6 Å². The van der Waals surface area contributed by atoms with Gasteiger partial charge in [-0.05, 0) is 42.8 Å². The van der Waals surface area contributed by atoms with Gasteiger partial charge in [0.15, 0.2) is 0 Å². The molecule has 0 heterocycles. The van der Waals surface area contributed by atoms with Gasteiger partial charge in [-0.25, -0.2) is 8.42 Å². The lowest BCUT2D eigenvalue weighted by atomic mass is 10.1. The largest absolute Gasteiger partial charge is 0.394 e. The highest BCUT2D eigenvalue weighted by Gasteiger charge is 2.14. The molecule has 0 saturated heterocycles. The molecule has 1 unspecified atom stereocenters. The van der Waals surface area contributed by atoms with Crippen LogP contribution < -0.4 is 10.0 Å². The van der Waals surface area contributed by atoms with Gasteiger partial charge in [0.2, 0.25) is 0 Å². The molecule has 0 aliphatic carbocycles. The molecule has 0 bridgehead atoms. The fourth-order valence-electron chi connectivity index (χ4n) is 2.05. The van der Waals surface area contributed by atoms with Crippen LogP contribution in [-0.4, -0.2) is 32.1 Å². The Morgan fingerprint density at radius 1 is 1.08 bits per heavy atom. The molecule has 0 radical (unpaired) electrons. The minimum Gasteiger partial charge on any atom is -0.394 e. The third-order valence-corrected chi connectivity index (χ3v) is 4.90. The van der Waals surface area contributed by atoms with Gasteiger partial charge in [-0.15, -0.1) is 0 Å². The highest BCUT2D eigenvalue weighted by atomic mass is 32.2. The van der Waals surface area contributed by atoms with Crippen molar-refractivity contribution in [3.63, 3.8) is 0 Å². The molecule has 1 amide bonds. The normalized spacial score (nSPS) is 12.4. The fraction of sp³-hybridized carbons (Fsp3) is 0.235. The number of amides is 1. The highest BCUT2D eigenvalue weighted by Crippen LogP contribution is 2.16. The Bertz CT molecular complexity index is 770.